The maximum atomic E-state index is 11.7. The first-order valence-corrected chi connectivity index (χ1v) is 6.00. The largest absolute Gasteiger partial charge is 0.489 e. The summed E-state index contributed by atoms with van der Waals surface area (Å²) in [4.78, 5) is 11.7. The van der Waals surface area contributed by atoms with Crippen LogP contribution in [0.4, 0.5) is 0 Å². The van der Waals surface area contributed by atoms with E-state index in [1.807, 2.05) is 0 Å². The van der Waals surface area contributed by atoms with Gasteiger partial charge in [-0.25, -0.2) is 4.79 Å². The number of hydrogen-bond donors (Lipinski definition) is 0. The lowest BCUT2D eigenvalue weighted by Crippen LogP contribution is -2.06. The third kappa shape index (κ3) is 4.87. The molecule has 0 saturated carbocycles. The first kappa shape index (κ1) is 14.8. The lowest BCUT2D eigenvalue weighted by Gasteiger charge is -2.10. The summed E-state index contributed by atoms with van der Waals surface area (Å²) in [6.07, 6.45) is 3.25. The highest BCUT2D eigenvalue weighted by Gasteiger charge is 2.11. The first-order valence-electron chi connectivity index (χ1n) is 6.00. The van der Waals surface area contributed by atoms with Crippen LogP contribution in [0, 0.1) is 0 Å². The summed E-state index contributed by atoms with van der Waals surface area (Å²) in [5.41, 5.74) is 0.391. The van der Waals surface area contributed by atoms with Crippen LogP contribution in [0.25, 0.3) is 0 Å². The zero-order valence-corrected chi connectivity index (χ0v) is 11.1. The maximum Gasteiger partial charge on any atom is 0.338 e. The second-order valence-electron chi connectivity index (χ2n) is 3.61. The molecule has 0 aliphatic carbocycles. The number of benzene rings is 1. The number of ether oxygens (including phenoxy) is 3. The maximum absolute atomic E-state index is 11.7. The molecule has 0 saturated heterocycles. The summed E-state index contributed by atoms with van der Waals surface area (Å²) in [7, 11) is 0. The van der Waals surface area contributed by atoms with Gasteiger partial charge in [-0.15, -0.1) is 0 Å². The highest BCUT2D eigenvalue weighted by molar-refractivity contribution is 5.90. The molecular formula is C15H18O4. The molecule has 0 aliphatic rings. The minimum absolute atomic E-state index is 0.319. The molecule has 19 heavy (non-hydrogen) atoms. The molecule has 0 radical (unpaired) electrons. The van der Waals surface area contributed by atoms with Crippen LogP contribution in [0.2, 0.25) is 0 Å². The molecule has 1 aromatic carbocycles. The zero-order chi connectivity index (χ0) is 14.1. The second kappa shape index (κ2) is 7.97. The van der Waals surface area contributed by atoms with Crippen molar-refractivity contribution >= 4 is 5.97 Å². The molecule has 0 aromatic heterocycles. The quantitative estimate of drug-likeness (QED) is 0.533. The van der Waals surface area contributed by atoms with Crippen molar-refractivity contribution in [2.24, 2.45) is 0 Å². The predicted octanol–water partition coefficient (Wildman–Crippen LogP) is 2.99. The average molecular weight is 262 g/mol. The molecule has 0 unspecified atom stereocenters. The van der Waals surface area contributed by atoms with Crippen LogP contribution >= 0.6 is 0 Å². The Labute approximate surface area is 113 Å². The van der Waals surface area contributed by atoms with Crippen molar-refractivity contribution in [2.45, 2.75) is 6.92 Å². The highest BCUT2D eigenvalue weighted by Crippen LogP contribution is 2.23. The van der Waals surface area contributed by atoms with Crippen molar-refractivity contribution < 1.29 is 19.0 Å². The van der Waals surface area contributed by atoms with Crippen LogP contribution in [-0.4, -0.2) is 25.8 Å². The monoisotopic (exact) mass is 262 g/mol. The van der Waals surface area contributed by atoms with E-state index in [-0.39, 0.29) is 0 Å². The lowest BCUT2D eigenvalue weighted by molar-refractivity contribution is 0.0525. The van der Waals surface area contributed by atoms with Gasteiger partial charge in [-0.3, -0.25) is 0 Å². The topological polar surface area (TPSA) is 44.8 Å². The van der Waals surface area contributed by atoms with Crippen molar-refractivity contribution in [1.29, 1.82) is 0 Å². The number of carbonyl (C=O) groups excluding carboxylic acids is 1. The van der Waals surface area contributed by atoms with Gasteiger partial charge in [-0.05, 0) is 19.1 Å². The molecule has 0 heterocycles. The molecule has 102 valence electrons. The van der Waals surface area contributed by atoms with E-state index in [2.05, 4.69) is 13.2 Å². The second-order valence-corrected chi connectivity index (χ2v) is 3.61. The van der Waals surface area contributed by atoms with Gasteiger partial charge >= 0.3 is 5.97 Å². The molecule has 1 rings (SSSR count). The Bertz CT molecular complexity index is 421. The summed E-state index contributed by atoms with van der Waals surface area (Å²) in [5, 5.41) is 0. The summed E-state index contributed by atoms with van der Waals surface area (Å²) in [6.45, 7) is 9.93. The molecule has 0 amide bonds. The lowest BCUT2D eigenvalue weighted by atomic mass is 10.2. The van der Waals surface area contributed by atoms with Crippen molar-refractivity contribution in [3.63, 3.8) is 0 Å². The number of esters is 1. The molecule has 0 atom stereocenters. The van der Waals surface area contributed by atoms with Crippen molar-refractivity contribution in [2.75, 3.05) is 19.8 Å². The van der Waals surface area contributed by atoms with Crippen LogP contribution < -0.4 is 9.47 Å². The van der Waals surface area contributed by atoms with Crippen LogP contribution in [0.5, 0.6) is 11.5 Å². The first-order chi connectivity index (χ1) is 9.21. The third-order valence-corrected chi connectivity index (χ3v) is 2.13. The van der Waals surface area contributed by atoms with Crippen LogP contribution in [0.15, 0.2) is 43.5 Å². The van der Waals surface area contributed by atoms with E-state index in [4.69, 9.17) is 14.2 Å². The molecule has 0 N–H and O–H groups in total. The molecule has 0 aliphatic heterocycles. The van der Waals surface area contributed by atoms with Crippen molar-refractivity contribution in [1.82, 2.24) is 0 Å². The smallest absolute Gasteiger partial charge is 0.338 e. The zero-order valence-electron chi connectivity index (χ0n) is 11.1. The predicted molar refractivity (Wildman–Crippen MR) is 73.8 cm³/mol. The van der Waals surface area contributed by atoms with E-state index in [0.717, 1.165) is 0 Å². The van der Waals surface area contributed by atoms with E-state index >= 15 is 0 Å². The number of hydrogen-bond acceptors (Lipinski definition) is 4. The molecular weight excluding hydrogens is 244 g/mol. The fourth-order valence-corrected chi connectivity index (χ4v) is 1.38. The Hall–Kier alpha value is -2.23. The SMILES string of the molecule is C=CCOc1cc(OCC=C)cc(C(=O)OCC)c1. The van der Waals surface area contributed by atoms with Crippen LogP contribution in [0.1, 0.15) is 17.3 Å². The van der Waals surface area contributed by atoms with Crippen molar-refractivity contribution in [3.8, 4) is 11.5 Å². The van der Waals surface area contributed by atoms with Gasteiger partial charge in [0.1, 0.15) is 24.7 Å². The van der Waals surface area contributed by atoms with E-state index in [1.165, 1.54) is 0 Å². The minimum atomic E-state index is -0.407. The van der Waals surface area contributed by atoms with Gasteiger partial charge in [0, 0.05) is 6.07 Å². The van der Waals surface area contributed by atoms with Gasteiger partial charge in [0.25, 0.3) is 0 Å². The molecule has 0 fully saturated rings. The van der Waals surface area contributed by atoms with Gasteiger partial charge in [0.2, 0.25) is 0 Å². The van der Waals surface area contributed by atoms with E-state index in [9.17, 15) is 4.79 Å². The Morgan fingerprint density at radius 3 is 2.05 bits per heavy atom. The summed E-state index contributed by atoms with van der Waals surface area (Å²) in [5.74, 6) is 0.657. The van der Waals surface area contributed by atoms with Crippen LogP contribution in [0.3, 0.4) is 0 Å². The molecule has 0 bridgehead atoms. The van der Waals surface area contributed by atoms with Gasteiger partial charge in [-0.2, -0.15) is 0 Å². The molecule has 0 spiro atoms. The standard InChI is InChI=1S/C15H18O4/c1-4-7-18-13-9-12(15(16)17-6-3)10-14(11-13)19-8-5-2/h4-5,9-11H,1-2,6-8H2,3H3. The number of rotatable bonds is 8. The van der Waals surface area contributed by atoms with Crippen molar-refractivity contribution in [3.05, 3.63) is 49.1 Å². The molecule has 1 aromatic rings. The van der Waals surface area contributed by atoms with Crippen LogP contribution in [-0.2, 0) is 4.74 Å². The Balaban J connectivity index is 2.96. The normalized spacial score (nSPS) is 9.53. The minimum Gasteiger partial charge on any atom is -0.489 e. The van der Waals surface area contributed by atoms with Gasteiger partial charge in [-0.1, -0.05) is 25.3 Å². The van der Waals surface area contributed by atoms with Gasteiger partial charge < -0.3 is 14.2 Å². The average Bonchev–Trinajstić information content (AvgIpc) is 2.43. The summed E-state index contributed by atoms with van der Waals surface area (Å²) < 4.78 is 15.8. The van der Waals surface area contributed by atoms with E-state index in [0.29, 0.717) is 36.9 Å². The summed E-state index contributed by atoms with van der Waals surface area (Å²) >= 11 is 0. The van der Waals surface area contributed by atoms with Gasteiger partial charge in [0.05, 0.1) is 12.2 Å². The highest BCUT2D eigenvalue weighted by atomic mass is 16.5. The molecule has 4 heteroatoms. The van der Waals surface area contributed by atoms with Gasteiger partial charge in [0.15, 0.2) is 0 Å². The van der Waals surface area contributed by atoms with E-state index < -0.39 is 5.97 Å². The number of carbonyl (C=O) groups is 1. The summed E-state index contributed by atoms with van der Waals surface area (Å²) in [6, 6.07) is 4.93. The Kier molecular flexibility index (Phi) is 6.22. The third-order valence-electron chi connectivity index (χ3n) is 2.13. The fraction of sp³-hybridized carbons (Fsp3) is 0.267. The Morgan fingerprint density at radius 1 is 1.11 bits per heavy atom. The van der Waals surface area contributed by atoms with E-state index in [1.54, 1.807) is 37.3 Å². The molecule has 4 nitrogen and oxygen atoms in total. The fourth-order valence-electron chi connectivity index (χ4n) is 1.38. The Morgan fingerprint density at radius 2 is 1.63 bits per heavy atom.